The fourth-order valence-electron chi connectivity index (χ4n) is 1.69. The molecule has 0 heterocycles. The highest BCUT2D eigenvalue weighted by Gasteiger charge is 2.09. The Balaban J connectivity index is 3.00. The number of nitrogens with zero attached hydrogens (tertiary/aromatic N) is 1. The second-order valence-corrected chi connectivity index (χ2v) is 4.22. The molecule has 0 atom stereocenters. The Hall–Kier alpha value is -0.730. The molecule has 0 amide bonds. The van der Waals surface area contributed by atoms with E-state index >= 15 is 0 Å². The summed E-state index contributed by atoms with van der Waals surface area (Å²) in [7, 11) is 0. The first-order valence-electron chi connectivity index (χ1n) is 5.26. The molecule has 84 valence electrons. The second kappa shape index (κ2) is 5.38. The van der Waals surface area contributed by atoms with Crippen LogP contribution < -0.4 is 4.90 Å². The van der Waals surface area contributed by atoms with Gasteiger partial charge in [-0.15, -0.1) is 0 Å². The normalized spacial score (nSPS) is 10.8. The smallest absolute Gasteiger partial charge is 0.0696 e. The van der Waals surface area contributed by atoms with Crippen molar-refractivity contribution in [2.24, 2.45) is 0 Å². The number of benzene rings is 1. The minimum absolute atomic E-state index is 0.00703. The van der Waals surface area contributed by atoms with E-state index in [4.69, 9.17) is 16.7 Å². The van der Waals surface area contributed by atoms with E-state index in [-0.39, 0.29) is 6.61 Å². The molecular weight excluding hydrogens is 210 g/mol. The highest BCUT2D eigenvalue weighted by molar-refractivity contribution is 6.31. The molecule has 0 saturated heterocycles. The molecule has 0 aliphatic carbocycles. The predicted molar refractivity (Wildman–Crippen MR) is 65.5 cm³/mol. The number of aliphatic hydroxyl groups is 1. The van der Waals surface area contributed by atoms with Crippen molar-refractivity contribution < 1.29 is 5.11 Å². The molecule has 1 rings (SSSR count). The fourth-order valence-corrected chi connectivity index (χ4v) is 1.92. The second-order valence-electron chi connectivity index (χ2n) is 3.81. The SMILES string of the molecule is CCN(c1ccc(CO)c(Cl)c1)C(C)C. The van der Waals surface area contributed by atoms with E-state index in [1.165, 1.54) is 0 Å². The Morgan fingerprint density at radius 1 is 1.40 bits per heavy atom. The Kier molecular flexibility index (Phi) is 4.43. The largest absolute Gasteiger partial charge is 0.392 e. The molecular formula is C12H18ClNO. The van der Waals surface area contributed by atoms with Gasteiger partial charge in [-0.2, -0.15) is 0 Å². The lowest BCUT2D eigenvalue weighted by atomic mass is 10.2. The molecule has 0 aliphatic rings. The molecule has 0 radical (unpaired) electrons. The summed E-state index contributed by atoms with van der Waals surface area (Å²) in [6.45, 7) is 7.36. The summed E-state index contributed by atoms with van der Waals surface area (Å²) < 4.78 is 0. The molecule has 0 bridgehead atoms. The monoisotopic (exact) mass is 227 g/mol. The van der Waals surface area contributed by atoms with Crippen molar-refractivity contribution in [1.82, 2.24) is 0 Å². The van der Waals surface area contributed by atoms with Gasteiger partial charge < -0.3 is 10.0 Å². The molecule has 0 unspecified atom stereocenters. The van der Waals surface area contributed by atoms with Gasteiger partial charge in [-0.05, 0) is 38.5 Å². The molecule has 0 aliphatic heterocycles. The maximum atomic E-state index is 9.02. The van der Waals surface area contributed by atoms with Crippen LogP contribution >= 0.6 is 11.6 Å². The summed E-state index contributed by atoms with van der Waals surface area (Å²) in [6, 6.07) is 6.24. The molecule has 2 nitrogen and oxygen atoms in total. The van der Waals surface area contributed by atoms with Crippen molar-refractivity contribution >= 4 is 17.3 Å². The summed E-state index contributed by atoms with van der Waals surface area (Å²) in [5.41, 5.74) is 1.88. The average molecular weight is 228 g/mol. The Labute approximate surface area is 96.5 Å². The maximum Gasteiger partial charge on any atom is 0.0696 e. The van der Waals surface area contributed by atoms with Gasteiger partial charge in [0.1, 0.15) is 0 Å². The third-order valence-corrected chi connectivity index (χ3v) is 2.85. The van der Waals surface area contributed by atoms with Crippen LogP contribution in [0.1, 0.15) is 26.3 Å². The van der Waals surface area contributed by atoms with Gasteiger partial charge in [0.05, 0.1) is 6.61 Å². The number of hydrogen-bond donors (Lipinski definition) is 1. The van der Waals surface area contributed by atoms with Gasteiger partial charge in [0.2, 0.25) is 0 Å². The summed E-state index contributed by atoms with van der Waals surface area (Å²) >= 11 is 6.05. The van der Waals surface area contributed by atoms with Crippen LogP contribution in [0.2, 0.25) is 5.02 Å². The van der Waals surface area contributed by atoms with E-state index < -0.39 is 0 Å². The quantitative estimate of drug-likeness (QED) is 0.855. The molecule has 0 aromatic heterocycles. The molecule has 3 heteroatoms. The highest BCUT2D eigenvalue weighted by Crippen LogP contribution is 2.24. The molecule has 0 fully saturated rings. The topological polar surface area (TPSA) is 23.5 Å². The molecule has 15 heavy (non-hydrogen) atoms. The van der Waals surface area contributed by atoms with Crippen LogP contribution in [0.25, 0.3) is 0 Å². The zero-order valence-electron chi connectivity index (χ0n) is 9.50. The molecule has 1 aromatic rings. The Bertz CT molecular complexity index is 325. The number of aliphatic hydroxyl groups excluding tert-OH is 1. The Morgan fingerprint density at radius 3 is 2.47 bits per heavy atom. The van der Waals surface area contributed by atoms with Crippen molar-refractivity contribution in [3.63, 3.8) is 0 Å². The third-order valence-electron chi connectivity index (χ3n) is 2.50. The predicted octanol–water partition coefficient (Wildman–Crippen LogP) is 3.07. The minimum Gasteiger partial charge on any atom is -0.392 e. The third kappa shape index (κ3) is 2.86. The van der Waals surface area contributed by atoms with E-state index in [9.17, 15) is 0 Å². The van der Waals surface area contributed by atoms with Crippen LogP contribution in [0, 0.1) is 0 Å². The lowest BCUT2D eigenvalue weighted by Crippen LogP contribution is -2.30. The molecule has 1 N–H and O–H groups in total. The van der Waals surface area contributed by atoms with Crippen LogP contribution in [0.15, 0.2) is 18.2 Å². The first-order valence-corrected chi connectivity index (χ1v) is 5.63. The van der Waals surface area contributed by atoms with Crippen LogP contribution in [0.5, 0.6) is 0 Å². The number of halogens is 1. The van der Waals surface area contributed by atoms with Crippen molar-refractivity contribution in [1.29, 1.82) is 0 Å². The van der Waals surface area contributed by atoms with Crippen molar-refractivity contribution in [3.05, 3.63) is 28.8 Å². The van der Waals surface area contributed by atoms with Crippen molar-refractivity contribution in [3.8, 4) is 0 Å². The lowest BCUT2D eigenvalue weighted by molar-refractivity contribution is 0.282. The first kappa shape index (κ1) is 12.3. The van der Waals surface area contributed by atoms with Gasteiger partial charge in [0.15, 0.2) is 0 Å². The van der Waals surface area contributed by atoms with Gasteiger partial charge in [0, 0.05) is 23.3 Å². The summed E-state index contributed by atoms with van der Waals surface area (Å²) in [5, 5.41) is 9.65. The van der Waals surface area contributed by atoms with E-state index in [0.717, 1.165) is 17.8 Å². The summed E-state index contributed by atoms with van der Waals surface area (Å²) in [5.74, 6) is 0. The number of hydrogen-bond acceptors (Lipinski definition) is 2. The average Bonchev–Trinajstić information content (AvgIpc) is 2.18. The van der Waals surface area contributed by atoms with Gasteiger partial charge in [-0.3, -0.25) is 0 Å². The van der Waals surface area contributed by atoms with E-state index in [0.29, 0.717) is 11.1 Å². The van der Waals surface area contributed by atoms with Gasteiger partial charge in [-0.1, -0.05) is 17.7 Å². The summed E-state index contributed by atoms with van der Waals surface area (Å²) in [6.07, 6.45) is 0. The van der Waals surface area contributed by atoms with E-state index in [1.807, 2.05) is 18.2 Å². The van der Waals surface area contributed by atoms with E-state index in [1.54, 1.807) is 0 Å². The van der Waals surface area contributed by atoms with Crippen LogP contribution in [0.3, 0.4) is 0 Å². The maximum absolute atomic E-state index is 9.02. The molecule has 1 aromatic carbocycles. The first-order chi connectivity index (χ1) is 7.10. The van der Waals surface area contributed by atoms with Crippen LogP contribution in [-0.4, -0.2) is 17.7 Å². The highest BCUT2D eigenvalue weighted by atomic mass is 35.5. The minimum atomic E-state index is -0.00703. The van der Waals surface area contributed by atoms with Crippen LogP contribution in [0.4, 0.5) is 5.69 Å². The zero-order valence-corrected chi connectivity index (χ0v) is 10.3. The Morgan fingerprint density at radius 2 is 2.07 bits per heavy atom. The number of anilines is 1. The van der Waals surface area contributed by atoms with Gasteiger partial charge in [-0.25, -0.2) is 0 Å². The zero-order chi connectivity index (χ0) is 11.4. The lowest BCUT2D eigenvalue weighted by Gasteiger charge is -2.27. The molecule has 0 spiro atoms. The van der Waals surface area contributed by atoms with Crippen molar-refractivity contribution in [2.75, 3.05) is 11.4 Å². The number of rotatable bonds is 4. The standard InChI is InChI=1S/C12H18ClNO/c1-4-14(9(2)3)11-6-5-10(8-15)12(13)7-11/h5-7,9,15H,4,8H2,1-3H3. The van der Waals surface area contributed by atoms with E-state index in [2.05, 4.69) is 25.7 Å². The molecule has 0 saturated carbocycles. The van der Waals surface area contributed by atoms with Crippen LogP contribution in [-0.2, 0) is 6.61 Å². The van der Waals surface area contributed by atoms with Gasteiger partial charge in [0.25, 0.3) is 0 Å². The fraction of sp³-hybridized carbons (Fsp3) is 0.500. The van der Waals surface area contributed by atoms with Crippen molar-refractivity contribution in [2.45, 2.75) is 33.4 Å². The summed E-state index contributed by atoms with van der Waals surface area (Å²) in [4.78, 5) is 2.26. The van der Waals surface area contributed by atoms with Gasteiger partial charge >= 0.3 is 0 Å².